The van der Waals surface area contributed by atoms with Crippen molar-refractivity contribution in [3.8, 4) is 0 Å². The molecule has 0 aliphatic carbocycles. The Kier molecular flexibility index (Phi) is 54.8. The maximum Gasteiger partial charge on any atom is 0.306 e. The van der Waals surface area contributed by atoms with Crippen LogP contribution in [0.4, 0.5) is 0 Å². The maximum atomic E-state index is 12.9. The Morgan fingerprint density at radius 3 is 0.926 bits per heavy atom. The molecule has 1 unspecified atom stereocenters. The van der Waals surface area contributed by atoms with E-state index in [-0.39, 0.29) is 31.1 Å². The number of esters is 3. The smallest absolute Gasteiger partial charge is 0.306 e. The molecule has 0 radical (unpaired) electrons. The Hall–Kier alpha value is -2.63. The van der Waals surface area contributed by atoms with E-state index >= 15 is 0 Å². The first kappa shape index (κ1) is 65.4. The Bertz CT molecular complexity index is 1190. The number of hydrogen-bond donors (Lipinski definition) is 0. The third kappa shape index (κ3) is 54.3. The third-order valence-electron chi connectivity index (χ3n) is 13.1. The number of carbonyl (C=O) groups is 3. The first-order valence-corrected chi connectivity index (χ1v) is 29.7. The average Bonchev–Trinajstić information content (AvgIpc) is 3.34. The zero-order chi connectivity index (χ0) is 49.3. The summed E-state index contributed by atoms with van der Waals surface area (Å²) in [5.74, 6) is -0.881. The van der Waals surface area contributed by atoms with Crippen LogP contribution in [0.25, 0.3) is 0 Å². The lowest BCUT2D eigenvalue weighted by atomic mass is 10.0. The summed E-state index contributed by atoms with van der Waals surface area (Å²) >= 11 is 0. The van der Waals surface area contributed by atoms with Gasteiger partial charge in [-0.15, -0.1) is 0 Å². The van der Waals surface area contributed by atoms with Gasteiger partial charge in [0.15, 0.2) is 6.10 Å². The van der Waals surface area contributed by atoms with E-state index in [1.165, 1.54) is 193 Å². The summed E-state index contributed by atoms with van der Waals surface area (Å²) in [5.41, 5.74) is 0. The molecule has 0 saturated heterocycles. The van der Waals surface area contributed by atoms with Crippen LogP contribution in [0.1, 0.15) is 310 Å². The molecule has 68 heavy (non-hydrogen) atoms. The van der Waals surface area contributed by atoms with Crippen LogP contribution in [0.15, 0.2) is 48.6 Å². The van der Waals surface area contributed by atoms with Crippen molar-refractivity contribution in [2.45, 2.75) is 316 Å². The SMILES string of the molecule is CC\C=C/C=C\C=C/CCCCCCCCCC(=O)OCC(COC(=O)CCCCCCCCCCCCCCCCCCCCC)OC(=O)CCCCCCC/C=C\CCCCCCCCC. The molecule has 0 aliphatic rings. The summed E-state index contributed by atoms with van der Waals surface area (Å²) in [6, 6.07) is 0. The molecule has 0 saturated carbocycles. The summed E-state index contributed by atoms with van der Waals surface area (Å²) in [7, 11) is 0. The van der Waals surface area contributed by atoms with Crippen molar-refractivity contribution >= 4 is 17.9 Å². The van der Waals surface area contributed by atoms with E-state index in [0.29, 0.717) is 19.3 Å². The van der Waals surface area contributed by atoms with Gasteiger partial charge in [-0.25, -0.2) is 0 Å². The predicted octanol–water partition coefficient (Wildman–Crippen LogP) is 19.8. The van der Waals surface area contributed by atoms with Crippen molar-refractivity contribution < 1.29 is 28.6 Å². The number of hydrogen-bond acceptors (Lipinski definition) is 6. The molecule has 0 aromatic heterocycles. The maximum absolute atomic E-state index is 12.9. The fourth-order valence-corrected chi connectivity index (χ4v) is 8.67. The number of ether oxygens (including phenoxy) is 3. The highest BCUT2D eigenvalue weighted by molar-refractivity contribution is 5.71. The fourth-order valence-electron chi connectivity index (χ4n) is 8.67. The largest absolute Gasteiger partial charge is 0.462 e. The molecule has 0 amide bonds. The lowest BCUT2D eigenvalue weighted by molar-refractivity contribution is -0.167. The summed E-state index contributed by atoms with van der Waals surface area (Å²) < 4.78 is 16.9. The highest BCUT2D eigenvalue weighted by Gasteiger charge is 2.19. The molecule has 0 aromatic rings. The quantitative estimate of drug-likeness (QED) is 0.0199. The molecule has 0 spiro atoms. The van der Waals surface area contributed by atoms with E-state index in [1.54, 1.807) is 0 Å². The van der Waals surface area contributed by atoms with Gasteiger partial charge in [-0.05, 0) is 64.2 Å². The second-order valence-corrected chi connectivity index (χ2v) is 19.9. The summed E-state index contributed by atoms with van der Waals surface area (Å²) in [4.78, 5) is 38.2. The first-order valence-electron chi connectivity index (χ1n) is 29.7. The molecule has 0 heterocycles. The molecule has 0 N–H and O–H groups in total. The molecule has 0 aliphatic heterocycles. The molecule has 0 fully saturated rings. The Balaban J connectivity index is 4.35. The molecule has 396 valence electrons. The van der Waals surface area contributed by atoms with Gasteiger partial charge in [0.1, 0.15) is 13.2 Å². The van der Waals surface area contributed by atoms with Gasteiger partial charge in [0.05, 0.1) is 0 Å². The number of carbonyl (C=O) groups excluding carboxylic acids is 3. The number of unbranched alkanes of at least 4 members (excludes halogenated alkanes) is 37. The third-order valence-corrected chi connectivity index (χ3v) is 13.1. The second kappa shape index (κ2) is 57.0. The monoisotopic (exact) mass is 953 g/mol. The van der Waals surface area contributed by atoms with Gasteiger partial charge in [-0.1, -0.05) is 275 Å². The van der Waals surface area contributed by atoms with Crippen molar-refractivity contribution in [2.24, 2.45) is 0 Å². The van der Waals surface area contributed by atoms with Gasteiger partial charge in [-0.3, -0.25) is 14.4 Å². The molecular formula is C62H112O6. The summed E-state index contributed by atoms with van der Waals surface area (Å²) in [5, 5.41) is 0. The Morgan fingerprint density at radius 1 is 0.309 bits per heavy atom. The van der Waals surface area contributed by atoms with Crippen LogP contribution in [-0.2, 0) is 28.6 Å². The minimum absolute atomic E-state index is 0.0771. The zero-order valence-corrected chi connectivity index (χ0v) is 45.4. The molecule has 6 nitrogen and oxygen atoms in total. The van der Waals surface area contributed by atoms with Crippen LogP contribution < -0.4 is 0 Å². The lowest BCUT2D eigenvalue weighted by Gasteiger charge is -2.18. The number of rotatable bonds is 54. The Labute approximate surface area is 422 Å². The predicted molar refractivity (Wildman–Crippen MR) is 293 cm³/mol. The topological polar surface area (TPSA) is 78.9 Å². The highest BCUT2D eigenvalue weighted by atomic mass is 16.6. The van der Waals surface area contributed by atoms with Gasteiger partial charge >= 0.3 is 17.9 Å². The van der Waals surface area contributed by atoms with Crippen molar-refractivity contribution in [1.29, 1.82) is 0 Å². The standard InChI is InChI=1S/C62H112O6/c1-4-7-10-13-16-19-22-25-28-30-31-32-35-37-40-43-46-49-52-55-61(64)67-58-59(57-66-60(63)54-51-48-45-42-39-36-33-27-24-21-18-15-12-9-6-3)68-62(65)56-53-50-47-44-41-38-34-29-26-23-20-17-14-11-8-5-2/h9,12,15,18,21,24,29,34,59H,4-8,10-11,13-14,16-17,19-20,22-23,25-28,30-33,35-58H2,1-3H3/b12-9-,18-15-,24-21-,34-29-. The fraction of sp³-hybridized carbons (Fsp3) is 0.823. The van der Waals surface area contributed by atoms with Gasteiger partial charge in [-0.2, -0.15) is 0 Å². The molecule has 0 bridgehead atoms. The normalized spacial score (nSPS) is 12.3. The van der Waals surface area contributed by atoms with Crippen LogP contribution in [0, 0.1) is 0 Å². The van der Waals surface area contributed by atoms with Crippen LogP contribution in [-0.4, -0.2) is 37.2 Å². The van der Waals surface area contributed by atoms with Gasteiger partial charge in [0.25, 0.3) is 0 Å². The van der Waals surface area contributed by atoms with Crippen LogP contribution >= 0.6 is 0 Å². The van der Waals surface area contributed by atoms with E-state index in [9.17, 15) is 14.4 Å². The van der Waals surface area contributed by atoms with Gasteiger partial charge in [0.2, 0.25) is 0 Å². The van der Waals surface area contributed by atoms with Gasteiger partial charge in [0, 0.05) is 19.3 Å². The van der Waals surface area contributed by atoms with E-state index < -0.39 is 6.10 Å². The molecule has 6 heteroatoms. The van der Waals surface area contributed by atoms with Crippen LogP contribution in [0.3, 0.4) is 0 Å². The molecular weight excluding hydrogens is 841 g/mol. The van der Waals surface area contributed by atoms with Crippen LogP contribution in [0.2, 0.25) is 0 Å². The zero-order valence-electron chi connectivity index (χ0n) is 45.4. The average molecular weight is 954 g/mol. The second-order valence-electron chi connectivity index (χ2n) is 19.9. The van der Waals surface area contributed by atoms with E-state index in [2.05, 4.69) is 69.4 Å². The van der Waals surface area contributed by atoms with Gasteiger partial charge < -0.3 is 14.2 Å². The summed E-state index contributed by atoms with van der Waals surface area (Å²) in [6.45, 7) is 6.53. The Morgan fingerprint density at radius 2 is 0.588 bits per heavy atom. The summed E-state index contributed by atoms with van der Waals surface area (Å²) in [6.07, 6.45) is 69.6. The van der Waals surface area contributed by atoms with Crippen molar-refractivity contribution in [3.05, 3.63) is 48.6 Å². The minimum Gasteiger partial charge on any atom is -0.462 e. The molecule has 0 aromatic carbocycles. The molecule has 0 rings (SSSR count). The highest BCUT2D eigenvalue weighted by Crippen LogP contribution is 2.17. The van der Waals surface area contributed by atoms with E-state index in [0.717, 1.165) is 77.0 Å². The van der Waals surface area contributed by atoms with Crippen molar-refractivity contribution in [2.75, 3.05) is 13.2 Å². The lowest BCUT2D eigenvalue weighted by Crippen LogP contribution is -2.30. The molecule has 1 atom stereocenters. The van der Waals surface area contributed by atoms with E-state index in [1.807, 2.05) is 0 Å². The van der Waals surface area contributed by atoms with Crippen molar-refractivity contribution in [1.82, 2.24) is 0 Å². The van der Waals surface area contributed by atoms with E-state index in [4.69, 9.17) is 14.2 Å². The van der Waals surface area contributed by atoms with Crippen LogP contribution in [0.5, 0.6) is 0 Å². The first-order chi connectivity index (χ1) is 33.5. The minimum atomic E-state index is -0.780. The van der Waals surface area contributed by atoms with Crippen molar-refractivity contribution in [3.63, 3.8) is 0 Å². The number of allylic oxidation sites excluding steroid dienone is 8.